The summed E-state index contributed by atoms with van der Waals surface area (Å²) < 4.78 is 12.4. The van der Waals surface area contributed by atoms with Crippen molar-refractivity contribution in [2.45, 2.75) is 38.7 Å². The summed E-state index contributed by atoms with van der Waals surface area (Å²) in [6, 6.07) is 6.05. The van der Waals surface area contributed by atoms with Gasteiger partial charge in [0.15, 0.2) is 10.9 Å². The molecule has 1 saturated carbocycles. The van der Waals surface area contributed by atoms with Gasteiger partial charge in [-0.1, -0.05) is 29.9 Å². The Morgan fingerprint density at radius 1 is 1.24 bits per heavy atom. The predicted octanol–water partition coefficient (Wildman–Crippen LogP) is 3.73. The number of thiazole rings is 1. The van der Waals surface area contributed by atoms with E-state index in [0.717, 1.165) is 54.6 Å². The van der Waals surface area contributed by atoms with E-state index in [-0.39, 0.29) is 41.7 Å². The van der Waals surface area contributed by atoms with E-state index in [1.54, 1.807) is 4.90 Å². The van der Waals surface area contributed by atoms with Gasteiger partial charge in [-0.15, -0.1) is 12.4 Å². The topological polar surface area (TPSA) is 72.0 Å². The molecule has 1 amide bonds. The Labute approximate surface area is 204 Å². The Bertz CT molecular complexity index is 1050. The molecule has 9 heteroatoms. The summed E-state index contributed by atoms with van der Waals surface area (Å²) in [6.45, 7) is 6.29. The van der Waals surface area contributed by atoms with Crippen molar-refractivity contribution < 1.29 is 19.1 Å². The number of para-hydroxylation sites is 1. The van der Waals surface area contributed by atoms with E-state index in [4.69, 9.17) is 14.5 Å². The van der Waals surface area contributed by atoms with Gasteiger partial charge < -0.3 is 9.47 Å². The molecule has 5 rings (SSSR count). The minimum atomic E-state index is -0.302. The third-order valence-electron chi connectivity index (χ3n) is 6.72. The van der Waals surface area contributed by atoms with E-state index in [9.17, 15) is 9.59 Å². The van der Waals surface area contributed by atoms with Gasteiger partial charge >= 0.3 is 0 Å². The molecule has 33 heavy (non-hydrogen) atoms. The van der Waals surface area contributed by atoms with E-state index in [1.165, 1.54) is 17.6 Å². The lowest BCUT2D eigenvalue weighted by molar-refractivity contribution is -0.130. The van der Waals surface area contributed by atoms with E-state index in [1.807, 2.05) is 25.1 Å². The third kappa shape index (κ3) is 4.94. The van der Waals surface area contributed by atoms with Crippen molar-refractivity contribution in [2.75, 3.05) is 44.3 Å². The first-order chi connectivity index (χ1) is 15.6. The monoisotopic (exact) mass is 491 g/mol. The number of hydrogen-bond donors (Lipinski definition) is 0. The highest BCUT2D eigenvalue weighted by Gasteiger charge is 2.41. The number of carbonyl (C=O) groups is 2. The number of rotatable bonds is 5. The number of aromatic nitrogens is 1. The number of benzene rings is 1. The molecule has 0 spiro atoms. The molecule has 0 bridgehead atoms. The molecule has 178 valence electrons. The molecule has 2 unspecified atom stereocenters. The Morgan fingerprint density at radius 3 is 2.82 bits per heavy atom. The number of ketones is 1. The number of fused-ring (bicyclic) bond motifs is 2. The van der Waals surface area contributed by atoms with Crippen molar-refractivity contribution in [1.82, 2.24) is 9.88 Å². The van der Waals surface area contributed by atoms with Crippen molar-refractivity contribution in [1.29, 1.82) is 0 Å². The molecule has 1 aromatic carbocycles. The summed E-state index contributed by atoms with van der Waals surface area (Å²) in [6.07, 6.45) is 5.09. The zero-order chi connectivity index (χ0) is 22.1. The summed E-state index contributed by atoms with van der Waals surface area (Å²) in [7, 11) is 0. The zero-order valence-corrected chi connectivity index (χ0v) is 20.5. The zero-order valence-electron chi connectivity index (χ0n) is 18.8. The largest absolute Gasteiger partial charge is 0.496 e. The molecule has 0 N–H and O–H groups in total. The Morgan fingerprint density at radius 2 is 2.03 bits per heavy atom. The van der Waals surface area contributed by atoms with Crippen LogP contribution in [0.4, 0.5) is 5.13 Å². The second kappa shape index (κ2) is 10.5. The molecular formula is C24H30ClN3O4S. The Hall–Kier alpha value is -2.00. The number of nitrogens with zero attached hydrogens (tertiary/aromatic N) is 3. The number of morpholine rings is 1. The van der Waals surface area contributed by atoms with Crippen LogP contribution in [-0.4, -0.2) is 67.1 Å². The van der Waals surface area contributed by atoms with E-state index in [2.05, 4.69) is 4.90 Å². The van der Waals surface area contributed by atoms with Gasteiger partial charge in [0.25, 0.3) is 5.91 Å². The molecule has 3 heterocycles. The Balaban J connectivity index is 0.00000259. The maximum absolute atomic E-state index is 13.7. The van der Waals surface area contributed by atoms with Gasteiger partial charge in [-0.2, -0.15) is 0 Å². The maximum atomic E-state index is 13.7. The van der Waals surface area contributed by atoms with Gasteiger partial charge in [-0.3, -0.25) is 19.4 Å². The lowest BCUT2D eigenvalue weighted by Crippen LogP contribution is -2.46. The van der Waals surface area contributed by atoms with Gasteiger partial charge in [0.05, 0.1) is 35.6 Å². The highest BCUT2D eigenvalue weighted by Crippen LogP contribution is 2.35. The lowest BCUT2D eigenvalue weighted by atomic mass is 9.80. The molecule has 2 atom stereocenters. The molecule has 7 nitrogen and oxygen atoms in total. The van der Waals surface area contributed by atoms with Crippen LogP contribution < -0.4 is 4.90 Å². The molecule has 1 saturated heterocycles. The smallest absolute Gasteiger partial charge is 0.266 e. The van der Waals surface area contributed by atoms with Crippen LogP contribution >= 0.6 is 23.7 Å². The van der Waals surface area contributed by atoms with Crippen LogP contribution in [0.5, 0.6) is 0 Å². The lowest BCUT2D eigenvalue weighted by Gasteiger charge is -2.34. The highest BCUT2D eigenvalue weighted by atomic mass is 35.5. The standard InChI is InChI=1S/C24H29N3O4S.ClH/c1-16-5-4-8-20-21(16)25-24(32-20)27(10-9-26-11-13-30-14-12-26)23(29)18-15-31-19-7-3-2-6-17(19)22(18)28;/h4-5,8,15,17,19H,2-3,6-7,9-14H2,1H3;1H. The first-order valence-corrected chi connectivity index (χ1v) is 12.3. The first-order valence-electron chi connectivity index (χ1n) is 11.5. The van der Waals surface area contributed by atoms with Crippen LogP contribution in [0.3, 0.4) is 0 Å². The SMILES string of the molecule is Cc1cccc2sc(N(CCN3CCOCC3)C(=O)C3=COC4CCCCC4C3=O)nc12.Cl. The second-order valence-electron chi connectivity index (χ2n) is 8.79. The first kappa shape index (κ1) is 24.1. The number of hydrogen-bond acceptors (Lipinski definition) is 7. The molecule has 2 aromatic rings. The molecule has 1 aliphatic carbocycles. The van der Waals surface area contributed by atoms with E-state index >= 15 is 0 Å². The van der Waals surface area contributed by atoms with Crippen LogP contribution in [0.15, 0.2) is 30.0 Å². The van der Waals surface area contributed by atoms with Gasteiger partial charge in [-0.25, -0.2) is 4.98 Å². The number of halogens is 1. The van der Waals surface area contributed by atoms with E-state index in [0.29, 0.717) is 31.4 Å². The number of anilines is 1. The number of Topliss-reactive ketones (excluding diaryl/α,β-unsaturated/α-hetero) is 1. The molecule has 2 aliphatic heterocycles. The average Bonchev–Trinajstić information content (AvgIpc) is 3.25. The molecule has 3 aliphatic rings. The fourth-order valence-corrected chi connectivity index (χ4v) is 5.88. The quantitative estimate of drug-likeness (QED) is 0.593. The van der Waals surface area contributed by atoms with Crippen molar-refractivity contribution in [3.8, 4) is 0 Å². The highest BCUT2D eigenvalue weighted by molar-refractivity contribution is 7.22. The van der Waals surface area contributed by atoms with Crippen LogP contribution in [0.1, 0.15) is 31.2 Å². The van der Waals surface area contributed by atoms with E-state index < -0.39 is 0 Å². The van der Waals surface area contributed by atoms with Crippen LogP contribution in [0, 0.1) is 12.8 Å². The second-order valence-corrected chi connectivity index (χ2v) is 9.80. The maximum Gasteiger partial charge on any atom is 0.266 e. The van der Waals surface area contributed by atoms with Crippen molar-refractivity contribution in [3.05, 3.63) is 35.6 Å². The van der Waals surface area contributed by atoms with Crippen LogP contribution in [0.25, 0.3) is 10.2 Å². The fraction of sp³-hybridized carbons (Fsp3) is 0.542. The number of amides is 1. The van der Waals surface area contributed by atoms with Crippen molar-refractivity contribution >= 4 is 50.8 Å². The van der Waals surface area contributed by atoms with Gasteiger partial charge in [-0.05, 0) is 37.8 Å². The van der Waals surface area contributed by atoms with Gasteiger partial charge in [0.1, 0.15) is 11.7 Å². The third-order valence-corrected chi connectivity index (χ3v) is 7.77. The predicted molar refractivity (Wildman–Crippen MR) is 131 cm³/mol. The van der Waals surface area contributed by atoms with Gasteiger partial charge in [0, 0.05) is 26.2 Å². The average molecular weight is 492 g/mol. The molecular weight excluding hydrogens is 462 g/mol. The summed E-state index contributed by atoms with van der Waals surface area (Å²) in [5.74, 6) is -0.574. The fourth-order valence-electron chi connectivity index (χ4n) is 4.81. The number of aryl methyl sites for hydroxylation is 1. The molecule has 0 radical (unpaired) electrons. The minimum absolute atomic E-state index is 0. The Kier molecular flexibility index (Phi) is 7.69. The van der Waals surface area contributed by atoms with Crippen LogP contribution in [-0.2, 0) is 19.1 Å². The minimum Gasteiger partial charge on any atom is -0.496 e. The summed E-state index contributed by atoms with van der Waals surface area (Å²) in [4.78, 5) is 35.7. The summed E-state index contributed by atoms with van der Waals surface area (Å²) >= 11 is 1.49. The number of ether oxygens (including phenoxy) is 2. The summed E-state index contributed by atoms with van der Waals surface area (Å²) in [5.41, 5.74) is 2.14. The normalized spacial score (nSPS) is 23.3. The summed E-state index contributed by atoms with van der Waals surface area (Å²) in [5, 5.41) is 0.632. The molecule has 2 fully saturated rings. The molecule has 1 aromatic heterocycles. The van der Waals surface area contributed by atoms with Crippen molar-refractivity contribution in [3.63, 3.8) is 0 Å². The van der Waals surface area contributed by atoms with Crippen molar-refractivity contribution in [2.24, 2.45) is 5.92 Å². The number of carbonyl (C=O) groups excluding carboxylic acids is 2. The van der Waals surface area contributed by atoms with Gasteiger partial charge in [0.2, 0.25) is 0 Å². The van der Waals surface area contributed by atoms with Crippen LogP contribution in [0.2, 0.25) is 0 Å².